The topological polar surface area (TPSA) is 84.3 Å². The Morgan fingerprint density at radius 3 is 2.60 bits per heavy atom. The van der Waals surface area contributed by atoms with Crippen molar-refractivity contribution < 1.29 is 13.2 Å². The lowest BCUT2D eigenvalue weighted by Crippen LogP contribution is -2.42. The highest BCUT2D eigenvalue weighted by Gasteiger charge is 2.33. The summed E-state index contributed by atoms with van der Waals surface area (Å²) in [7, 11) is -3.40. The van der Waals surface area contributed by atoms with Crippen LogP contribution in [0.25, 0.3) is 0 Å². The molecule has 1 aliphatic rings. The van der Waals surface area contributed by atoms with Gasteiger partial charge in [0, 0.05) is 37.8 Å². The monoisotopic (exact) mass is 452 g/mol. The predicted octanol–water partition coefficient (Wildman–Crippen LogP) is 2.98. The number of sulfonamides is 1. The molecule has 0 saturated carbocycles. The van der Waals surface area contributed by atoms with E-state index >= 15 is 0 Å². The Morgan fingerprint density at radius 1 is 1.33 bits per heavy atom. The summed E-state index contributed by atoms with van der Waals surface area (Å²) in [4.78, 5) is 12.7. The van der Waals surface area contributed by atoms with E-state index in [9.17, 15) is 13.2 Å². The van der Waals surface area contributed by atoms with Gasteiger partial charge >= 0.3 is 0 Å². The first-order valence-electron chi connectivity index (χ1n) is 10.6. The zero-order chi connectivity index (χ0) is 21.9. The van der Waals surface area contributed by atoms with Crippen LogP contribution in [0.15, 0.2) is 21.7 Å². The first kappa shape index (κ1) is 23.0. The molecule has 1 aliphatic heterocycles. The third-order valence-electron chi connectivity index (χ3n) is 6.21. The minimum absolute atomic E-state index is 0.0488. The molecule has 0 unspecified atom stereocenters. The minimum atomic E-state index is -3.40. The lowest BCUT2D eigenvalue weighted by Gasteiger charge is -2.33. The maximum absolute atomic E-state index is 12.7. The smallest absolute Gasteiger partial charge is 0.252 e. The second-order valence-electron chi connectivity index (χ2n) is 7.97. The van der Waals surface area contributed by atoms with E-state index in [1.807, 2.05) is 18.5 Å². The van der Waals surface area contributed by atoms with Gasteiger partial charge in [0.05, 0.1) is 5.69 Å². The van der Waals surface area contributed by atoms with Crippen molar-refractivity contribution in [1.82, 2.24) is 19.4 Å². The molecule has 0 bridgehead atoms. The zero-order valence-electron chi connectivity index (χ0n) is 18.2. The number of aryl methyl sites for hydroxylation is 2. The Hall–Kier alpha value is -1.71. The van der Waals surface area contributed by atoms with Gasteiger partial charge in [-0.05, 0) is 63.0 Å². The number of carbonyl (C=O) groups excluding carboxylic acids is 1. The van der Waals surface area contributed by atoms with Crippen molar-refractivity contribution >= 4 is 27.3 Å². The molecule has 166 valence electrons. The average Bonchev–Trinajstić information content (AvgIpc) is 3.37. The standard InChI is InChI=1S/C21H32N4O3S2/c1-5-25-17(4)19(16(3)23-25)8-11-22-21(26)15(2)18-9-12-24(13-10-18)30(27,28)20-7-6-14-29-20/h6-7,14-15,18H,5,8-13H2,1-4H3,(H,22,26)/t15-/m0/s1. The maximum atomic E-state index is 12.7. The van der Waals surface area contributed by atoms with Gasteiger partial charge in [-0.25, -0.2) is 8.42 Å². The van der Waals surface area contributed by atoms with Gasteiger partial charge in [0.25, 0.3) is 10.0 Å². The van der Waals surface area contributed by atoms with Crippen LogP contribution in [0.4, 0.5) is 0 Å². The highest BCUT2D eigenvalue weighted by Crippen LogP contribution is 2.29. The third-order valence-corrected chi connectivity index (χ3v) is 9.49. The fourth-order valence-electron chi connectivity index (χ4n) is 4.24. The van der Waals surface area contributed by atoms with Crippen LogP contribution < -0.4 is 5.32 Å². The van der Waals surface area contributed by atoms with E-state index in [0.29, 0.717) is 36.7 Å². The number of piperidine rings is 1. The first-order valence-corrected chi connectivity index (χ1v) is 12.9. The molecule has 1 N–H and O–H groups in total. The molecule has 7 nitrogen and oxygen atoms in total. The van der Waals surface area contributed by atoms with Gasteiger partial charge in [0.1, 0.15) is 4.21 Å². The Labute approximate surface area is 183 Å². The van der Waals surface area contributed by atoms with Crippen molar-refractivity contribution in [3.8, 4) is 0 Å². The zero-order valence-corrected chi connectivity index (χ0v) is 19.9. The average molecular weight is 453 g/mol. The molecule has 30 heavy (non-hydrogen) atoms. The number of nitrogens with one attached hydrogen (secondary N) is 1. The second-order valence-corrected chi connectivity index (χ2v) is 11.1. The van der Waals surface area contributed by atoms with Gasteiger partial charge in [-0.1, -0.05) is 13.0 Å². The van der Waals surface area contributed by atoms with Crippen LogP contribution in [0.1, 0.15) is 43.6 Å². The van der Waals surface area contributed by atoms with E-state index in [-0.39, 0.29) is 17.7 Å². The van der Waals surface area contributed by atoms with Crippen molar-refractivity contribution in [2.24, 2.45) is 11.8 Å². The van der Waals surface area contributed by atoms with Crippen LogP contribution >= 0.6 is 11.3 Å². The van der Waals surface area contributed by atoms with Crippen LogP contribution in [0.5, 0.6) is 0 Å². The Morgan fingerprint density at radius 2 is 2.03 bits per heavy atom. The first-order chi connectivity index (χ1) is 14.3. The number of nitrogens with zero attached hydrogens (tertiary/aromatic N) is 3. The molecule has 0 radical (unpaired) electrons. The van der Waals surface area contributed by atoms with E-state index in [0.717, 1.165) is 24.4 Å². The highest BCUT2D eigenvalue weighted by atomic mass is 32.2. The van der Waals surface area contributed by atoms with Crippen LogP contribution in [0.2, 0.25) is 0 Å². The summed E-state index contributed by atoms with van der Waals surface area (Å²) in [5, 5.41) is 9.38. The number of hydrogen-bond acceptors (Lipinski definition) is 5. The summed E-state index contributed by atoms with van der Waals surface area (Å²) in [5.41, 5.74) is 3.39. The van der Waals surface area contributed by atoms with Crippen LogP contribution in [-0.2, 0) is 27.8 Å². The van der Waals surface area contributed by atoms with Crippen LogP contribution in [0.3, 0.4) is 0 Å². The lowest BCUT2D eigenvalue weighted by atomic mass is 9.85. The van der Waals surface area contributed by atoms with E-state index in [1.54, 1.807) is 21.8 Å². The van der Waals surface area contributed by atoms with Crippen molar-refractivity contribution in [3.63, 3.8) is 0 Å². The van der Waals surface area contributed by atoms with E-state index in [2.05, 4.69) is 24.3 Å². The number of aromatic nitrogens is 2. The summed E-state index contributed by atoms with van der Waals surface area (Å²) < 4.78 is 29.3. The molecule has 0 aromatic carbocycles. The van der Waals surface area contributed by atoms with Gasteiger partial charge < -0.3 is 5.32 Å². The fraction of sp³-hybridized carbons (Fsp3) is 0.619. The Kier molecular flexibility index (Phi) is 7.36. The molecule has 1 atom stereocenters. The maximum Gasteiger partial charge on any atom is 0.252 e. The summed E-state index contributed by atoms with van der Waals surface area (Å²) in [5.74, 6) is 0.121. The number of hydrogen-bond donors (Lipinski definition) is 1. The second kappa shape index (κ2) is 9.62. The molecule has 1 fully saturated rings. The number of rotatable bonds is 8. The summed E-state index contributed by atoms with van der Waals surface area (Å²) >= 11 is 1.25. The normalized spacial score (nSPS) is 17.2. The number of amides is 1. The molecule has 0 spiro atoms. The molecule has 3 heterocycles. The molecule has 9 heteroatoms. The fourth-order valence-corrected chi connectivity index (χ4v) is 6.86. The van der Waals surface area contributed by atoms with Gasteiger partial charge in [-0.2, -0.15) is 9.40 Å². The van der Waals surface area contributed by atoms with Gasteiger partial charge in [0.2, 0.25) is 5.91 Å². The van der Waals surface area contributed by atoms with Crippen molar-refractivity contribution in [1.29, 1.82) is 0 Å². The van der Waals surface area contributed by atoms with E-state index in [1.165, 1.54) is 16.9 Å². The largest absolute Gasteiger partial charge is 0.356 e. The SMILES string of the molecule is CCn1nc(C)c(CCNC(=O)[C@@H](C)C2CCN(S(=O)(=O)c3cccs3)CC2)c1C. The van der Waals surface area contributed by atoms with Gasteiger partial charge in [-0.3, -0.25) is 9.48 Å². The molecular formula is C21H32N4O3S2. The van der Waals surface area contributed by atoms with Crippen LogP contribution in [0, 0.1) is 25.7 Å². The van der Waals surface area contributed by atoms with Gasteiger partial charge in [-0.15, -0.1) is 11.3 Å². The van der Waals surface area contributed by atoms with E-state index < -0.39 is 10.0 Å². The number of thiophene rings is 1. The molecule has 2 aromatic rings. The summed E-state index contributed by atoms with van der Waals surface area (Å²) in [6, 6.07) is 3.41. The molecule has 0 aliphatic carbocycles. The predicted molar refractivity (Wildman–Crippen MR) is 119 cm³/mol. The highest BCUT2D eigenvalue weighted by molar-refractivity contribution is 7.91. The Bertz CT molecular complexity index is 959. The molecule has 1 amide bonds. The third kappa shape index (κ3) is 4.78. The van der Waals surface area contributed by atoms with Crippen molar-refractivity contribution in [2.45, 2.75) is 57.7 Å². The molecule has 1 saturated heterocycles. The summed E-state index contributed by atoms with van der Waals surface area (Å²) in [6.45, 7) is 10.5. The summed E-state index contributed by atoms with van der Waals surface area (Å²) in [6.07, 6.45) is 2.19. The number of carbonyl (C=O) groups is 1. The lowest BCUT2D eigenvalue weighted by molar-refractivity contribution is -0.126. The molecular weight excluding hydrogens is 420 g/mol. The molecule has 2 aromatic heterocycles. The van der Waals surface area contributed by atoms with Crippen molar-refractivity contribution in [2.75, 3.05) is 19.6 Å². The Balaban J connectivity index is 1.49. The van der Waals surface area contributed by atoms with Crippen LogP contribution in [-0.4, -0.2) is 48.0 Å². The van der Waals surface area contributed by atoms with Crippen molar-refractivity contribution in [3.05, 3.63) is 34.5 Å². The quantitative estimate of drug-likeness (QED) is 0.667. The molecule has 3 rings (SSSR count). The van der Waals surface area contributed by atoms with Gasteiger partial charge in [0.15, 0.2) is 0 Å². The van der Waals surface area contributed by atoms with E-state index in [4.69, 9.17) is 0 Å². The minimum Gasteiger partial charge on any atom is -0.356 e.